The van der Waals surface area contributed by atoms with Crippen LogP contribution >= 0.6 is 0 Å². The minimum Gasteiger partial charge on any atom is -0.483 e. The first kappa shape index (κ1) is 13.3. The topological polar surface area (TPSA) is 121 Å². The second-order valence-corrected chi connectivity index (χ2v) is 4.73. The highest BCUT2D eigenvalue weighted by atomic mass is 16.6. The van der Waals surface area contributed by atoms with Gasteiger partial charge in [0.05, 0.1) is 10.5 Å². The van der Waals surface area contributed by atoms with Crippen LogP contribution in [0.15, 0.2) is 24.3 Å². The van der Waals surface area contributed by atoms with Gasteiger partial charge in [-0.15, -0.1) is 0 Å². The number of benzene rings is 1. The van der Waals surface area contributed by atoms with Crippen LogP contribution in [0.25, 0.3) is 0 Å². The molecule has 1 aromatic rings. The second kappa shape index (κ2) is 4.85. The van der Waals surface area contributed by atoms with Gasteiger partial charge in [-0.1, -0.05) is 12.1 Å². The first-order valence-corrected chi connectivity index (χ1v) is 5.91. The third kappa shape index (κ3) is 2.65. The Hall–Kier alpha value is -2.15. The first-order chi connectivity index (χ1) is 8.92. The Labute approximate surface area is 109 Å². The predicted octanol–water partition coefficient (Wildman–Crippen LogP) is 0.709. The fourth-order valence-corrected chi connectivity index (χ4v) is 2.24. The molecule has 7 heteroatoms. The summed E-state index contributed by atoms with van der Waals surface area (Å²) in [4.78, 5) is 21.6. The van der Waals surface area contributed by atoms with Crippen LogP contribution in [0.5, 0.6) is 5.75 Å². The van der Waals surface area contributed by atoms with Crippen LogP contribution in [-0.4, -0.2) is 22.5 Å². The van der Waals surface area contributed by atoms with Gasteiger partial charge in [-0.05, 0) is 18.9 Å². The number of primary amides is 1. The van der Waals surface area contributed by atoms with E-state index in [0.717, 1.165) is 0 Å². The lowest BCUT2D eigenvalue weighted by Crippen LogP contribution is -2.50. The van der Waals surface area contributed by atoms with Crippen molar-refractivity contribution in [3.05, 3.63) is 34.4 Å². The van der Waals surface area contributed by atoms with Gasteiger partial charge in [0, 0.05) is 12.5 Å². The van der Waals surface area contributed by atoms with Crippen LogP contribution in [0, 0.1) is 10.1 Å². The van der Waals surface area contributed by atoms with E-state index in [1.807, 2.05) is 0 Å². The summed E-state index contributed by atoms with van der Waals surface area (Å²) in [6.45, 7) is 0. The van der Waals surface area contributed by atoms with Gasteiger partial charge in [-0.2, -0.15) is 0 Å². The fourth-order valence-electron chi connectivity index (χ4n) is 2.24. The van der Waals surface area contributed by atoms with Crippen molar-refractivity contribution in [2.75, 3.05) is 0 Å². The number of hydrogen-bond acceptors (Lipinski definition) is 5. The standard InChI is InChI=1S/C12H15N3O4/c13-11(16)12(14)6-5-8(7-12)19-10-4-2-1-3-9(10)15(17)18/h1-4,8H,5-7,14H2,(H2,13,16). The van der Waals surface area contributed by atoms with Crippen LogP contribution < -0.4 is 16.2 Å². The van der Waals surface area contributed by atoms with Crippen molar-refractivity contribution >= 4 is 11.6 Å². The van der Waals surface area contributed by atoms with Gasteiger partial charge in [0.2, 0.25) is 5.91 Å². The molecule has 1 aliphatic carbocycles. The van der Waals surface area contributed by atoms with Crippen LogP contribution in [0.3, 0.4) is 0 Å². The number of carbonyl (C=O) groups is 1. The van der Waals surface area contributed by atoms with E-state index in [0.29, 0.717) is 12.8 Å². The minimum atomic E-state index is -1.08. The summed E-state index contributed by atoms with van der Waals surface area (Å²) in [5.74, 6) is -0.382. The molecule has 2 unspecified atom stereocenters. The fraction of sp³-hybridized carbons (Fsp3) is 0.417. The number of amides is 1. The quantitative estimate of drug-likeness (QED) is 0.613. The van der Waals surface area contributed by atoms with Crippen LogP contribution in [0.2, 0.25) is 0 Å². The van der Waals surface area contributed by atoms with Crippen molar-refractivity contribution < 1.29 is 14.5 Å². The normalized spacial score (nSPS) is 26.1. The van der Waals surface area contributed by atoms with Gasteiger partial charge >= 0.3 is 5.69 Å². The van der Waals surface area contributed by atoms with Crippen molar-refractivity contribution in [2.24, 2.45) is 11.5 Å². The molecule has 1 saturated carbocycles. The Morgan fingerprint density at radius 1 is 1.47 bits per heavy atom. The molecule has 102 valence electrons. The molecule has 19 heavy (non-hydrogen) atoms. The summed E-state index contributed by atoms with van der Waals surface area (Å²) in [5, 5.41) is 10.9. The Morgan fingerprint density at radius 2 is 2.16 bits per heavy atom. The van der Waals surface area contributed by atoms with Gasteiger partial charge in [-0.25, -0.2) is 0 Å². The van der Waals surface area contributed by atoms with Crippen LogP contribution in [-0.2, 0) is 4.79 Å². The SMILES string of the molecule is NC(=O)C1(N)CCC(Oc2ccccc2[N+](=O)[O-])C1. The van der Waals surface area contributed by atoms with Gasteiger partial charge in [0.25, 0.3) is 0 Å². The molecule has 1 fully saturated rings. The van der Waals surface area contributed by atoms with Gasteiger partial charge in [0.1, 0.15) is 6.10 Å². The number of ether oxygens (including phenoxy) is 1. The zero-order valence-corrected chi connectivity index (χ0v) is 10.2. The molecule has 0 saturated heterocycles. The lowest BCUT2D eigenvalue weighted by Gasteiger charge is -2.19. The average molecular weight is 265 g/mol. The monoisotopic (exact) mass is 265 g/mol. The molecular weight excluding hydrogens is 250 g/mol. The van der Waals surface area contributed by atoms with E-state index in [4.69, 9.17) is 16.2 Å². The van der Waals surface area contributed by atoms with Crippen LogP contribution in [0.1, 0.15) is 19.3 Å². The molecular formula is C12H15N3O4. The number of carbonyl (C=O) groups excluding carboxylic acids is 1. The lowest BCUT2D eigenvalue weighted by atomic mass is 9.99. The van der Waals surface area contributed by atoms with Gasteiger partial charge in [-0.3, -0.25) is 14.9 Å². The minimum absolute atomic E-state index is 0.101. The molecule has 0 spiro atoms. The van der Waals surface area contributed by atoms with E-state index >= 15 is 0 Å². The lowest BCUT2D eigenvalue weighted by molar-refractivity contribution is -0.386. The number of hydrogen-bond donors (Lipinski definition) is 2. The Balaban J connectivity index is 2.12. The molecule has 0 bridgehead atoms. The summed E-state index contributed by atoms with van der Waals surface area (Å²) in [5.41, 5.74) is 9.92. The van der Waals surface area contributed by atoms with E-state index in [-0.39, 0.29) is 24.0 Å². The van der Waals surface area contributed by atoms with E-state index < -0.39 is 16.4 Å². The molecule has 1 aliphatic rings. The van der Waals surface area contributed by atoms with Gasteiger partial charge in [0.15, 0.2) is 5.75 Å². The molecule has 2 atom stereocenters. The third-order valence-electron chi connectivity index (χ3n) is 3.35. The smallest absolute Gasteiger partial charge is 0.310 e. The number of nitro groups is 1. The van der Waals surface area contributed by atoms with Crippen LogP contribution in [0.4, 0.5) is 5.69 Å². The molecule has 0 heterocycles. The van der Waals surface area contributed by atoms with Crippen molar-refractivity contribution in [2.45, 2.75) is 30.9 Å². The largest absolute Gasteiger partial charge is 0.483 e. The highest BCUT2D eigenvalue weighted by Crippen LogP contribution is 2.34. The van der Waals surface area contributed by atoms with Crippen molar-refractivity contribution in [3.8, 4) is 5.75 Å². The molecule has 4 N–H and O–H groups in total. The maximum absolute atomic E-state index is 11.2. The average Bonchev–Trinajstić information content (AvgIpc) is 2.73. The predicted molar refractivity (Wildman–Crippen MR) is 67.5 cm³/mol. The number of para-hydroxylation sites is 2. The molecule has 7 nitrogen and oxygen atoms in total. The first-order valence-electron chi connectivity index (χ1n) is 5.91. The number of nitrogens with zero attached hydrogens (tertiary/aromatic N) is 1. The Bertz CT molecular complexity index is 519. The maximum atomic E-state index is 11.2. The highest BCUT2D eigenvalue weighted by Gasteiger charge is 2.42. The molecule has 2 rings (SSSR count). The molecule has 0 aliphatic heterocycles. The molecule has 1 amide bonds. The van der Waals surface area contributed by atoms with E-state index in [1.165, 1.54) is 12.1 Å². The molecule has 0 radical (unpaired) electrons. The summed E-state index contributed by atoms with van der Waals surface area (Å²) in [6.07, 6.45) is 0.909. The van der Waals surface area contributed by atoms with Gasteiger partial charge < -0.3 is 16.2 Å². The molecule has 0 aromatic heterocycles. The summed E-state index contributed by atoms with van der Waals surface area (Å²) in [6, 6.07) is 6.12. The van der Waals surface area contributed by atoms with E-state index in [9.17, 15) is 14.9 Å². The third-order valence-corrected chi connectivity index (χ3v) is 3.35. The highest BCUT2D eigenvalue weighted by molar-refractivity contribution is 5.84. The summed E-state index contributed by atoms with van der Waals surface area (Å²) in [7, 11) is 0. The van der Waals surface area contributed by atoms with E-state index in [2.05, 4.69) is 0 Å². The Morgan fingerprint density at radius 3 is 2.74 bits per heavy atom. The summed E-state index contributed by atoms with van der Waals surface area (Å²) < 4.78 is 5.58. The number of nitrogens with two attached hydrogens (primary N) is 2. The molecule has 1 aromatic carbocycles. The van der Waals surface area contributed by atoms with Crippen molar-refractivity contribution in [3.63, 3.8) is 0 Å². The zero-order chi connectivity index (χ0) is 14.0. The Kier molecular flexibility index (Phi) is 3.39. The second-order valence-electron chi connectivity index (χ2n) is 4.73. The van der Waals surface area contributed by atoms with E-state index in [1.54, 1.807) is 12.1 Å². The van der Waals surface area contributed by atoms with Crippen molar-refractivity contribution in [1.82, 2.24) is 0 Å². The van der Waals surface area contributed by atoms with Crippen molar-refractivity contribution in [1.29, 1.82) is 0 Å². The number of rotatable bonds is 4. The summed E-state index contributed by atoms with van der Waals surface area (Å²) >= 11 is 0. The zero-order valence-electron chi connectivity index (χ0n) is 10.2. The maximum Gasteiger partial charge on any atom is 0.310 e. The number of nitro benzene ring substituents is 1.